The number of rotatable bonds is 6. The maximum atomic E-state index is 13.1. The van der Waals surface area contributed by atoms with Crippen molar-refractivity contribution in [2.45, 2.75) is 11.0 Å². The van der Waals surface area contributed by atoms with Gasteiger partial charge in [-0.25, -0.2) is 0 Å². The maximum Gasteiger partial charge on any atom is 0.534 e. The molecule has 0 N–H and O–H groups in total. The van der Waals surface area contributed by atoms with Crippen LogP contribution >= 0.6 is 0 Å². The fourth-order valence-electron chi connectivity index (χ4n) is 4.60. The van der Waals surface area contributed by atoms with Gasteiger partial charge in [0.2, 0.25) is 0 Å². The summed E-state index contributed by atoms with van der Waals surface area (Å²) >= 11 is 0. The first-order valence-electron chi connectivity index (χ1n) is 12.0. The van der Waals surface area contributed by atoms with E-state index in [9.17, 15) is 52.8 Å². The largest absolute Gasteiger partial charge is 0.534 e. The van der Waals surface area contributed by atoms with Crippen LogP contribution in [0.3, 0.4) is 0 Å². The molecule has 1 aliphatic carbocycles. The third kappa shape index (κ3) is 5.41. The van der Waals surface area contributed by atoms with Gasteiger partial charge < -0.3 is 8.37 Å². The number of carbonyl (C=O) groups excluding carboxylic acids is 2. The molecule has 228 valence electrons. The summed E-state index contributed by atoms with van der Waals surface area (Å²) in [5.74, 6) is -1.49. The van der Waals surface area contributed by atoms with Gasteiger partial charge in [0.1, 0.15) is 24.1 Å². The van der Waals surface area contributed by atoms with Gasteiger partial charge in [0.15, 0.2) is 0 Å². The highest BCUT2D eigenvalue weighted by Gasteiger charge is 2.49. The first-order valence-corrected chi connectivity index (χ1v) is 14.8. The number of benzene rings is 4. The Kier molecular flexibility index (Phi) is 7.32. The Morgan fingerprint density at radius 2 is 0.750 bits per heavy atom. The fourth-order valence-corrected chi connectivity index (χ4v) is 5.50. The summed E-state index contributed by atoms with van der Waals surface area (Å²) in [4.78, 5) is 23.3. The van der Waals surface area contributed by atoms with Crippen molar-refractivity contribution < 1.29 is 61.1 Å². The van der Waals surface area contributed by atoms with Crippen LogP contribution in [0.5, 0.6) is 11.5 Å². The van der Waals surface area contributed by atoms with Crippen molar-refractivity contribution >= 4 is 32.8 Å². The molecule has 16 heteroatoms. The number of fused-ring (bicyclic) bond motifs is 8. The highest BCUT2D eigenvalue weighted by Crippen LogP contribution is 2.50. The van der Waals surface area contributed by atoms with Crippen molar-refractivity contribution in [1.82, 2.24) is 0 Å². The standard InChI is InChI=1S/C28H14F6O8S2/c29-27(30,31)43(37,38)41-17-3-7-19-20-8-4-18(42-44(39,40)28(32,33)34)12-26(20)22-6-2-16(14-36)10-24(22)23-9-15(13-35)1-5-21(23)25(19)11-17/h1-14H. The van der Waals surface area contributed by atoms with Gasteiger partial charge in [-0.05, 0) is 93.0 Å². The van der Waals surface area contributed by atoms with Gasteiger partial charge in [-0.15, -0.1) is 0 Å². The Labute approximate surface area is 244 Å². The molecule has 0 saturated carbocycles. The van der Waals surface area contributed by atoms with E-state index >= 15 is 0 Å². The summed E-state index contributed by atoms with van der Waals surface area (Å²) in [7, 11) is -12.2. The van der Waals surface area contributed by atoms with E-state index in [0.717, 1.165) is 24.3 Å². The van der Waals surface area contributed by atoms with Crippen LogP contribution in [0, 0.1) is 0 Å². The molecule has 4 aromatic rings. The molecule has 0 radical (unpaired) electrons. The molecular formula is C28H14F6O8S2. The minimum absolute atomic E-state index is 0.0623. The molecule has 0 unspecified atom stereocenters. The van der Waals surface area contributed by atoms with E-state index < -0.39 is 42.8 Å². The molecule has 44 heavy (non-hydrogen) atoms. The lowest BCUT2D eigenvalue weighted by Gasteiger charge is -2.24. The molecule has 0 fully saturated rings. The Morgan fingerprint density at radius 1 is 0.455 bits per heavy atom. The second-order valence-electron chi connectivity index (χ2n) is 9.23. The van der Waals surface area contributed by atoms with E-state index in [2.05, 4.69) is 8.37 Å². The smallest absolute Gasteiger partial charge is 0.376 e. The lowest BCUT2D eigenvalue weighted by atomic mass is 9.80. The molecule has 0 aliphatic heterocycles. The molecule has 0 aromatic heterocycles. The lowest BCUT2D eigenvalue weighted by molar-refractivity contribution is -0.0504. The number of aldehydes is 2. The van der Waals surface area contributed by atoms with E-state index in [0.29, 0.717) is 12.6 Å². The van der Waals surface area contributed by atoms with E-state index in [1.165, 1.54) is 48.5 Å². The first-order chi connectivity index (χ1) is 20.5. The summed E-state index contributed by atoms with van der Waals surface area (Å²) in [5, 5.41) is 0. The third-order valence-electron chi connectivity index (χ3n) is 6.48. The molecule has 5 rings (SSSR count). The summed E-state index contributed by atoms with van der Waals surface area (Å²) < 4.78 is 134. The summed E-state index contributed by atoms with van der Waals surface area (Å²) in [6, 6.07) is 14.5. The van der Waals surface area contributed by atoms with E-state index in [1.54, 1.807) is 0 Å². The zero-order valence-electron chi connectivity index (χ0n) is 21.4. The predicted molar refractivity (Wildman–Crippen MR) is 144 cm³/mol. The number of alkyl halides is 6. The fraction of sp³-hybridized carbons (Fsp3) is 0.0714. The van der Waals surface area contributed by atoms with Crippen molar-refractivity contribution in [3.05, 3.63) is 83.9 Å². The molecule has 0 bridgehead atoms. The quantitative estimate of drug-likeness (QED) is 0.0852. The molecule has 0 saturated heterocycles. The lowest BCUT2D eigenvalue weighted by Crippen LogP contribution is -2.28. The van der Waals surface area contributed by atoms with Crippen molar-refractivity contribution in [2.75, 3.05) is 0 Å². The van der Waals surface area contributed by atoms with Crippen LogP contribution in [0.25, 0.3) is 44.5 Å². The van der Waals surface area contributed by atoms with Crippen molar-refractivity contribution in [2.24, 2.45) is 0 Å². The van der Waals surface area contributed by atoms with E-state index in [-0.39, 0.29) is 55.6 Å². The molecule has 8 nitrogen and oxygen atoms in total. The van der Waals surface area contributed by atoms with Crippen LogP contribution in [0.15, 0.2) is 72.8 Å². The van der Waals surface area contributed by atoms with Crippen molar-refractivity contribution in [3.8, 4) is 56.0 Å². The molecule has 0 heterocycles. The van der Waals surface area contributed by atoms with Gasteiger partial charge in [0.05, 0.1) is 0 Å². The van der Waals surface area contributed by atoms with Crippen LogP contribution in [0.2, 0.25) is 0 Å². The van der Waals surface area contributed by atoms with Crippen LogP contribution < -0.4 is 8.37 Å². The second kappa shape index (κ2) is 10.5. The monoisotopic (exact) mass is 656 g/mol. The average molecular weight is 657 g/mol. The SMILES string of the molecule is O=Cc1ccc2c(c1)-c1cc(C=O)ccc1-c1cc(OS(=O)(=O)C(F)(F)F)ccc1-c1ccc(OS(=O)(=O)C(F)(F)F)cc1-2. The number of carbonyl (C=O) groups is 2. The summed E-state index contributed by atoms with van der Waals surface area (Å²) in [6.07, 6.45) is 0.973. The molecule has 4 aromatic carbocycles. The highest BCUT2D eigenvalue weighted by atomic mass is 32.2. The van der Waals surface area contributed by atoms with Gasteiger partial charge in [0, 0.05) is 11.1 Å². The van der Waals surface area contributed by atoms with Gasteiger partial charge >= 0.3 is 31.3 Å². The molecule has 1 aliphatic rings. The predicted octanol–water partition coefficient (Wildman–Crippen LogP) is 6.75. The Bertz CT molecular complexity index is 1920. The van der Waals surface area contributed by atoms with Crippen LogP contribution in [0.4, 0.5) is 26.3 Å². The number of hydrogen-bond acceptors (Lipinski definition) is 8. The van der Waals surface area contributed by atoms with Gasteiger partial charge in [-0.3, -0.25) is 9.59 Å². The Hall–Kier alpha value is -4.70. The molecular weight excluding hydrogens is 642 g/mol. The van der Waals surface area contributed by atoms with Gasteiger partial charge in [-0.1, -0.05) is 24.3 Å². The van der Waals surface area contributed by atoms with E-state index in [1.807, 2.05) is 0 Å². The average Bonchev–Trinajstić information content (AvgIpc) is 2.94. The Morgan fingerprint density at radius 3 is 1.07 bits per heavy atom. The summed E-state index contributed by atoms with van der Waals surface area (Å²) in [5.41, 5.74) is -9.82. The minimum atomic E-state index is -6.09. The Balaban J connectivity index is 1.85. The number of halogens is 6. The van der Waals surface area contributed by atoms with Gasteiger partial charge in [0.25, 0.3) is 0 Å². The highest BCUT2D eigenvalue weighted by molar-refractivity contribution is 7.88. The van der Waals surface area contributed by atoms with Crippen LogP contribution in [-0.2, 0) is 20.2 Å². The number of hydrogen-bond donors (Lipinski definition) is 0. The minimum Gasteiger partial charge on any atom is -0.376 e. The molecule has 0 spiro atoms. The second-order valence-corrected chi connectivity index (χ2v) is 12.3. The van der Waals surface area contributed by atoms with Crippen molar-refractivity contribution in [1.29, 1.82) is 0 Å². The normalized spacial score (nSPS) is 12.9. The summed E-state index contributed by atoms with van der Waals surface area (Å²) in [6.45, 7) is 0. The van der Waals surface area contributed by atoms with Gasteiger partial charge in [-0.2, -0.15) is 43.2 Å². The maximum absolute atomic E-state index is 13.1. The van der Waals surface area contributed by atoms with Crippen LogP contribution in [-0.4, -0.2) is 40.4 Å². The first kappa shape index (κ1) is 30.7. The zero-order valence-corrected chi connectivity index (χ0v) is 23.1. The van der Waals surface area contributed by atoms with Crippen LogP contribution in [0.1, 0.15) is 20.7 Å². The molecule has 0 amide bonds. The van der Waals surface area contributed by atoms with E-state index in [4.69, 9.17) is 0 Å². The topological polar surface area (TPSA) is 121 Å². The van der Waals surface area contributed by atoms with Crippen molar-refractivity contribution in [3.63, 3.8) is 0 Å². The molecule has 0 atom stereocenters. The third-order valence-corrected chi connectivity index (χ3v) is 8.44. The zero-order chi connectivity index (χ0) is 32.2.